The Morgan fingerprint density at radius 2 is 1.71 bits per heavy atom. The second kappa shape index (κ2) is 5.13. The van der Waals surface area contributed by atoms with Crippen molar-refractivity contribution in [3.05, 3.63) is 0 Å². The van der Waals surface area contributed by atoms with E-state index in [0.717, 1.165) is 6.04 Å². The van der Waals surface area contributed by atoms with E-state index in [9.17, 15) is 0 Å². The molecular formula is C12H26N2. The number of hydrogen-bond acceptors (Lipinski definition) is 2. The third-order valence-corrected chi connectivity index (χ3v) is 3.42. The number of piperazine rings is 1. The largest absolute Gasteiger partial charge is 0.298 e. The van der Waals surface area contributed by atoms with Crippen molar-refractivity contribution in [3.8, 4) is 0 Å². The van der Waals surface area contributed by atoms with Crippen molar-refractivity contribution in [1.29, 1.82) is 0 Å². The summed E-state index contributed by atoms with van der Waals surface area (Å²) >= 11 is 0. The van der Waals surface area contributed by atoms with Crippen LogP contribution in [0, 0.1) is 0 Å². The molecule has 0 spiro atoms. The molecule has 1 rings (SSSR count). The van der Waals surface area contributed by atoms with Crippen molar-refractivity contribution in [1.82, 2.24) is 9.80 Å². The minimum Gasteiger partial charge on any atom is -0.298 e. The maximum atomic E-state index is 2.65. The van der Waals surface area contributed by atoms with Gasteiger partial charge >= 0.3 is 0 Å². The first kappa shape index (κ1) is 12.0. The van der Waals surface area contributed by atoms with Gasteiger partial charge in [-0.1, -0.05) is 6.92 Å². The summed E-state index contributed by atoms with van der Waals surface area (Å²) in [5.74, 6) is 0. The number of nitrogens with zero attached hydrogens (tertiary/aromatic N) is 2. The Kier molecular flexibility index (Phi) is 4.39. The average molecular weight is 198 g/mol. The fourth-order valence-corrected chi connectivity index (χ4v) is 2.41. The van der Waals surface area contributed by atoms with E-state index in [-0.39, 0.29) is 0 Å². The van der Waals surface area contributed by atoms with Crippen LogP contribution in [0.1, 0.15) is 41.0 Å². The molecule has 0 N–H and O–H groups in total. The van der Waals surface area contributed by atoms with Gasteiger partial charge in [0.1, 0.15) is 0 Å². The summed E-state index contributed by atoms with van der Waals surface area (Å²) in [4.78, 5) is 5.26. The lowest BCUT2D eigenvalue weighted by atomic mass is 10.1. The van der Waals surface area contributed by atoms with E-state index in [1.807, 2.05) is 0 Å². The van der Waals surface area contributed by atoms with Gasteiger partial charge in [0.2, 0.25) is 0 Å². The highest BCUT2D eigenvalue weighted by Gasteiger charge is 2.27. The van der Waals surface area contributed by atoms with Gasteiger partial charge in [-0.25, -0.2) is 0 Å². The molecule has 2 heteroatoms. The molecule has 0 aromatic carbocycles. The predicted molar refractivity (Wildman–Crippen MR) is 62.6 cm³/mol. The van der Waals surface area contributed by atoms with Gasteiger partial charge in [0.25, 0.3) is 0 Å². The molecule has 0 bridgehead atoms. The summed E-state index contributed by atoms with van der Waals surface area (Å²) in [5.41, 5.74) is 0. The minimum atomic E-state index is 0.703. The molecule has 1 aliphatic rings. The third-order valence-electron chi connectivity index (χ3n) is 3.42. The molecule has 1 saturated heterocycles. The average Bonchev–Trinajstić information content (AvgIpc) is 2.16. The molecule has 14 heavy (non-hydrogen) atoms. The van der Waals surface area contributed by atoms with Gasteiger partial charge in [-0.2, -0.15) is 0 Å². The van der Waals surface area contributed by atoms with Crippen LogP contribution in [-0.4, -0.2) is 47.6 Å². The van der Waals surface area contributed by atoms with Gasteiger partial charge in [0.15, 0.2) is 0 Å². The van der Waals surface area contributed by atoms with E-state index in [1.165, 1.54) is 26.1 Å². The molecule has 1 fully saturated rings. The number of rotatable bonds is 3. The molecule has 1 unspecified atom stereocenters. The predicted octanol–water partition coefficient (Wildman–Crippen LogP) is 2.20. The zero-order valence-electron chi connectivity index (χ0n) is 10.5. The van der Waals surface area contributed by atoms with Crippen LogP contribution in [0.25, 0.3) is 0 Å². The van der Waals surface area contributed by atoms with E-state index in [2.05, 4.69) is 44.4 Å². The lowest BCUT2D eigenvalue weighted by Gasteiger charge is -2.44. The summed E-state index contributed by atoms with van der Waals surface area (Å²) in [6.45, 7) is 15.3. The van der Waals surface area contributed by atoms with E-state index in [0.29, 0.717) is 12.1 Å². The minimum absolute atomic E-state index is 0.703. The van der Waals surface area contributed by atoms with Crippen LogP contribution in [0.4, 0.5) is 0 Å². The van der Waals surface area contributed by atoms with Crippen LogP contribution in [0.3, 0.4) is 0 Å². The molecule has 1 atom stereocenters. The van der Waals surface area contributed by atoms with Crippen LogP contribution in [0.5, 0.6) is 0 Å². The van der Waals surface area contributed by atoms with Gasteiger partial charge in [-0.05, 0) is 34.1 Å². The smallest absolute Gasteiger partial charge is 0.0223 e. The topological polar surface area (TPSA) is 6.48 Å². The zero-order valence-corrected chi connectivity index (χ0v) is 10.5. The SMILES string of the molecule is CCC1CN(C(C)C)CCN1C(C)C. The highest BCUT2D eigenvalue weighted by atomic mass is 15.3. The first-order valence-corrected chi connectivity index (χ1v) is 6.06. The summed E-state index contributed by atoms with van der Waals surface area (Å²) in [6.07, 6.45) is 1.28. The van der Waals surface area contributed by atoms with Crippen molar-refractivity contribution in [2.24, 2.45) is 0 Å². The maximum absolute atomic E-state index is 2.65. The Labute approximate surface area is 89.3 Å². The maximum Gasteiger partial charge on any atom is 0.0223 e. The Morgan fingerprint density at radius 1 is 1.07 bits per heavy atom. The summed E-state index contributed by atoms with van der Waals surface area (Å²) in [6, 6.07) is 2.18. The highest BCUT2D eigenvalue weighted by Crippen LogP contribution is 2.17. The van der Waals surface area contributed by atoms with Crippen LogP contribution in [0.2, 0.25) is 0 Å². The first-order chi connectivity index (χ1) is 6.56. The molecule has 0 aliphatic carbocycles. The summed E-state index contributed by atoms with van der Waals surface area (Å²) < 4.78 is 0. The quantitative estimate of drug-likeness (QED) is 0.686. The zero-order chi connectivity index (χ0) is 10.7. The van der Waals surface area contributed by atoms with Gasteiger partial charge < -0.3 is 0 Å². The molecule has 0 aromatic rings. The molecule has 1 aliphatic heterocycles. The van der Waals surface area contributed by atoms with Gasteiger partial charge in [0.05, 0.1) is 0 Å². The van der Waals surface area contributed by atoms with Crippen molar-refractivity contribution in [3.63, 3.8) is 0 Å². The van der Waals surface area contributed by atoms with Crippen LogP contribution < -0.4 is 0 Å². The Morgan fingerprint density at radius 3 is 2.14 bits per heavy atom. The fourth-order valence-electron chi connectivity index (χ4n) is 2.41. The van der Waals surface area contributed by atoms with Gasteiger partial charge in [-0.15, -0.1) is 0 Å². The lowest BCUT2D eigenvalue weighted by Crippen LogP contribution is -2.56. The summed E-state index contributed by atoms with van der Waals surface area (Å²) in [5, 5.41) is 0. The number of hydrogen-bond donors (Lipinski definition) is 0. The standard InChI is InChI=1S/C12H26N2/c1-6-12-9-13(10(2)3)7-8-14(12)11(4)5/h10-12H,6-9H2,1-5H3. The Hall–Kier alpha value is -0.0800. The van der Waals surface area contributed by atoms with E-state index >= 15 is 0 Å². The lowest BCUT2D eigenvalue weighted by molar-refractivity contribution is 0.0348. The van der Waals surface area contributed by atoms with E-state index in [1.54, 1.807) is 0 Å². The Bertz CT molecular complexity index is 166. The van der Waals surface area contributed by atoms with Crippen molar-refractivity contribution < 1.29 is 0 Å². The van der Waals surface area contributed by atoms with Crippen LogP contribution >= 0.6 is 0 Å². The van der Waals surface area contributed by atoms with Gasteiger partial charge in [-0.3, -0.25) is 9.80 Å². The van der Waals surface area contributed by atoms with Crippen LogP contribution in [-0.2, 0) is 0 Å². The molecule has 0 amide bonds. The van der Waals surface area contributed by atoms with Crippen LogP contribution in [0.15, 0.2) is 0 Å². The third kappa shape index (κ3) is 2.71. The molecule has 0 saturated carbocycles. The molecule has 0 aromatic heterocycles. The van der Waals surface area contributed by atoms with E-state index < -0.39 is 0 Å². The Balaban J connectivity index is 2.54. The molecule has 1 heterocycles. The van der Waals surface area contributed by atoms with Gasteiger partial charge in [0, 0.05) is 37.8 Å². The molecule has 0 radical (unpaired) electrons. The fraction of sp³-hybridized carbons (Fsp3) is 1.00. The first-order valence-electron chi connectivity index (χ1n) is 6.06. The molecular weight excluding hydrogens is 172 g/mol. The monoisotopic (exact) mass is 198 g/mol. The second-order valence-electron chi connectivity index (χ2n) is 4.98. The summed E-state index contributed by atoms with van der Waals surface area (Å²) in [7, 11) is 0. The van der Waals surface area contributed by atoms with Crippen molar-refractivity contribution in [2.45, 2.75) is 59.2 Å². The second-order valence-corrected chi connectivity index (χ2v) is 4.98. The van der Waals surface area contributed by atoms with Crippen molar-refractivity contribution in [2.75, 3.05) is 19.6 Å². The highest BCUT2D eigenvalue weighted by molar-refractivity contribution is 4.84. The molecule has 2 nitrogen and oxygen atoms in total. The normalized spacial score (nSPS) is 26.4. The molecule has 84 valence electrons. The van der Waals surface area contributed by atoms with Crippen molar-refractivity contribution >= 4 is 0 Å². The van der Waals surface area contributed by atoms with E-state index in [4.69, 9.17) is 0 Å².